The second-order valence-electron chi connectivity index (χ2n) is 7.46. The summed E-state index contributed by atoms with van der Waals surface area (Å²) < 4.78 is 11.5. The van der Waals surface area contributed by atoms with Gasteiger partial charge < -0.3 is 19.0 Å². The predicted octanol–water partition coefficient (Wildman–Crippen LogP) is 1.29. The number of furan rings is 1. The van der Waals surface area contributed by atoms with Crippen molar-refractivity contribution in [2.24, 2.45) is 0 Å². The Morgan fingerprint density at radius 2 is 1.92 bits per heavy atom. The molecule has 24 heavy (non-hydrogen) atoms. The smallest absolute Gasteiger partial charge is 0.289 e. The predicted molar refractivity (Wildman–Crippen MR) is 90.0 cm³/mol. The molecule has 132 valence electrons. The number of hydrogen-bond acceptors (Lipinski definition) is 5. The van der Waals surface area contributed by atoms with Crippen LogP contribution in [0.15, 0.2) is 22.8 Å². The van der Waals surface area contributed by atoms with Gasteiger partial charge in [-0.2, -0.15) is 0 Å². The zero-order valence-electron chi connectivity index (χ0n) is 14.4. The molecule has 3 saturated heterocycles. The first-order chi connectivity index (χ1) is 11.7. The van der Waals surface area contributed by atoms with Crippen molar-refractivity contribution in [3.63, 3.8) is 0 Å². The molecule has 0 N–H and O–H groups in total. The summed E-state index contributed by atoms with van der Waals surface area (Å²) in [7, 11) is 2.19. The molecule has 4 rings (SSSR count). The highest BCUT2D eigenvalue weighted by molar-refractivity contribution is 5.91. The van der Waals surface area contributed by atoms with Gasteiger partial charge in [0.15, 0.2) is 5.76 Å². The second kappa shape index (κ2) is 6.50. The molecule has 1 aromatic rings. The van der Waals surface area contributed by atoms with E-state index in [1.807, 2.05) is 4.90 Å². The second-order valence-corrected chi connectivity index (χ2v) is 7.46. The number of ether oxygens (including phenoxy) is 1. The van der Waals surface area contributed by atoms with Gasteiger partial charge in [0.05, 0.1) is 18.5 Å². The van der Waals surface area contributed by atoms with Crippen molar-refractivity contribution in [3.05, 3.63) is 24.2 Å². The molecule has 3 aliphatic heterocycles. The van der Waals surface area contributed by atoms with Crippen molar-refractivity contribution in [1.29, 1.82) is 0 Å². The number of piperazine rings is 1. The fourth-order valence-corrected chi connectivity index (χ4v) is 4.26. The van der Waals surface area contributed by atoms with Gasteiger partial charge in [0.1, 0.15) is 0 Å². The Morgan fingerprint density at radius 3 is 2.58 bits per heavy atom. The van der Waals surface area contributed by atoms with Gasteiger partial charge in [0, 0.05) is 45.3 Å². The molecule has 4 heterocycles. The maximum atomic E-state index is 12.4. The zero-order chi connectivity index (χ0) is 16.6. The van der Waals surface area contributed by atoms with Gasteiger partial charge in [0.25, 0.3) is 5.91 Å². The van der Waals surface area contributed by atoms with E-state index in [0.29, 0.717) is 11.8 Å². The number of nitrogens with zero attached hydrogens (tertiary/aromatic N) is 3. The minimum atomic E-state index is -0.0199. The summed E-state index contributed by atoms with van der Waals surface area (Å²) >= 11 is 0. The third kappa shape index (κ3) is 3.10. The normalized spacial score (nSPS) is 28.5. The van der Waals surface area contributed by atoms with Crippen LogP contribution in [0.4, 0.5) is 0 Å². The van der Waals surface area contributed by atoms with Gasteiger partial charge in [-0.05, 0) is 38.4 Å². The van der Waals surface area contributed by atoms with Crippen LogP contribution < -0.4 is 0 Å². The molecular weight excluding hydrogens is 306 g/mol. The summed E-state index contributed by atoms with van der Waals surface area (Å²) in [5.74, 6) is 0.442. The number of piperidine rings is 1. The topological polar surface area (TPSA) is 49.2 Å². The van der Waals surface area contributed by atoms with Gasteiger partial charge in [-0.25, -0.2) is 0 Å². The third-order valence-electron chi connectivity index (χ3n) is 5.94. The lowest BCUT2D eigenvalue weighted by Crippen LogP contribution is -2.50. The van der Waals surface area contributed by atoms with Crippen molar-refractivity contribution < 1.29 is 13.9 Å². The first-order valence-electron chi connectivity index (χ1n) is 9.05. The van der Waals surface area contributed by atoms with Gasteiger partial charge in [-0.1, -0.05) is 0 Å². The summed E-state index contributed by atoms with van der Waals surface area (Å²) in [5, 5.41) is 0. The molecule has 6 nitrogen and oxygen atoms in total. The Balaban J connectivity index is 1.32. The SMILES string of the molecule is CN1CCN([C@H]2COC3(CCN(C(=O)c4ccco4)CC3)C2)CC1. The van der Waals surface area contributed by atoms with Crippen LogP contribution in [-0.4, -0.2) is 85.2 Å². The van der Waals surface area contributed by atoms with Gasteiger partial charge >= 0.3 is 0 Å². The molecule has 6 heteroatoms. The molecular formula is C18H27N3O3. The number of hydrogen-bond donors (Lipinski definition) is 0. The fourth-order valence-electron chi connectivity index (χ4n) is 4.26. The van der Waals surface area contributed by atoms with Crippen molar-refractivity contribution in [3.8, 4) is 0 Å². The molecule has 0 aromatic carbocycles. The minimum absolute atomic E-state index is 0.00321. The van der Waals surface area contributed by atoms with Crippen molar-refractivity contribution in [2.45, 2.75) is 30.9 Å². The molecule has 1 spiro atoms. The van der Waals surface area contributed by atoms with Crippen LogP contribution in [-0.2, 0) is 4.74 Å². The molecule has 1 aromatic heterocycles. The first kappa shape index (κ1) is 16.1. The highest BCUT2D eigenvalue weighted by Crippen LogP contribution is 2.38. The molecule has 1 amide bonds. The number of rotatable bonds is 2. The van der Waals surface area contributed by atoms with Gasteiger partial charge in [0.2, 0.25) is 0 Å². The lowest BCUT2D eigenvalue weighted by atomic mass is 9.87. The molecule has 0 aliphatic carbocycles. The number of amides is 1. The number of likely N-dealkylation sites (tertiary alicyclic amines) is 1. The standard InChI is InChI=1S/C18H27N3O3/c1-19-8-10-20(11-9-19)15-13-18(24-14-15)4-6-21(7-5-18)17(22)16-3-2-12-23-16/h2-3,12,15H,4-11,13-14H2,1H3/t15-/m1/s1. The van der Waals surface area contributed by atoms with Crippen molar-refractivity contribution in [1.82, 2.24) is 14.7 Å². The minimum Gasteiger partial charge on any atom is -0.459 e. The van der Waals surface area contributed by atoms with Crippen LogP contribution in [0.25, 0.3) is 0 Å². The number of carbonyl (C=O) groups is 1. The molecule has 3 fully saturated rings. The van der Waals surface area contributed by atoms with E-state index in [2.05, 4.69) is 16.8 Å². The molecule has 1 atom stereocenters. The van der Waals surface area contributed by atoms with E-state index in [1.165, 1.54) is 0 Å². The van der Waals surface area contributed by atoms with Crippen LogP contribution in [0, 0.1) is 0 Å². The monoisotopic (exact) mass is 333 g/mol. The van der Waals surface area contributed by atoms with E-state index in [9.17, 15) is 4.79 Å². The third-order valence-corrected chi connectivity index (χ3v) is 5.94. The average Bonchev–Trinajstić information content (AvgIpc) is 3.26. The number of carbonyl (C=O) groups excluding carboxylic acids is 1. The van der Waals surface area contributed by atoms with Crippen LogP contribution in [0.5, 0.6) is 0 Å². The van der Waals surface area contributed by atoms with E-state index < -0.39 is 0 Å². The first-order valence-corrected chi connectivity index (χ1v) is 9.05. The lowest BCUT2D eigenvalue weighted by molar-refractivity contribution is -0.0399. The van der Waals surface area contributed by atoms with Crippen molar-refractivity contribution >= 4 is 5.91 Å². The molecule has 0 unspecified atom stereocenters. The van der Waals surface area contributed by atoms with E-state index in [0.717, 1.165) is 65.1 Å². The molecule has 3 aliphatic rings. The Labute approximate surface area is 143 Å². The van der Waals surface area contributed by atoms with Crippen LogP contribution in [0.1, 0.15) is 29.8 Å². The Morgan fingerprint density at radius 1 is 1.17 bits per heavy atom. The van der Waals surface area contributed by atoms with Crippen LogP contribution in [0.2, 0.25) is 0 Å². The average molecular weight is 333 g/mol. The van der Waals surface area contributed by atoms with Crippen LogP contribution in [0.3, 0.4) is 0 Å². The Hall–Kier alpha value is -1.37. The van der Waals surface area contributed by atoms with Gasteiger partial charge in [-0.3, -0.25) is 9.69 Å². The van der Waals surface area contributed by atoms with Crippen LogP contribution >= 0.6 is 0 Å². The largest absolute Gasteiger partial charge is 0.459 e. The van der Waals surface area contributed by atoms with Gasteiger partial charge in [-0.15, -0.1) is 0 Å². The maximum Gasteiger partial charge on any atom is 0.289 e. The molecule has 0 saturated carbocycles. The van der Waals surface area contributed by atoms with E-state index in [-0.39, 0.29) is 11.5 Å². The Kier molecular flexibility index (Phi) is 4.37. The summed E-state index contributed by atoms with van der Waals surface area (Å²) in [4.78, 5) is 19.3. The van der Waals surface area contributed by atoms with E-state index in [1.54, 1.807) is 18.4 Å². The summed E-state index contributed by atoms with van der Waals surface area (Å²) in [6, 6.07) is 4.05. The lowest BCUT2D eigenvalue weighted by Gasteiger charge is -2.39. The zero-order valence-corrected chi connectivity index (χ0v) is 14.4. The molecule has 0 radical (unpaired) electrons. The summed E-state index contributed by atoms with van der Waals surface area (Å²) in [6.07, 6.45) is 4.53. The summed E-state index contributed by atoms with van der Waals surface area (Å²) in [5.41, 5.74) is -0.0199. The quantitative estimate of drug-likeness (QED) is 0.816. The van der Waals surface area contributed by atoms with E-state index >= 15 is 0 Å². The van der Waals surface area contributed by atoms with Crippen molar-refractivity contribution in [2.75, 3.05) is 52.9 Å². The van der Waals surface area contributed by atoms with E-state index in [4.69, 9.17) is 9.15 Å². The molecule has 0 bridgehead atoms. The summed E-state index contributed by atoms with van der Waals surface area (Å²) in [6.45, 7) is 6.94. The maximum absolute atomic E-state index is 12.4. The highest BCUT2D eigenvalue weighted by Gasteiger charge is 2.45. The number of likely N-dealkylation sites (N-methyl/N-ethyl adjacent to an activating group) is 1. The fraction of sp³-hybridized carbons (Fsp3) is 0.722. The highest BCUT2D eigenvalue weighted by atomic mass is 16.5. The Bertz CT molecular complexity index is 558.